The summed E-state index contributed by atoms with van der Waals surface area (Å²) in [6, 6.07) is 12.7. The van der Waals surface area contributed by atoms with E-state index in [0.29, 0.717) is 12.3 Å². The largest absolute Gasteiger partial charge is 0.477 e. The zero-order chi connectivity index (χ0) is 24.6. The first-order chi connectivity index (χ1) is 15.6. The number of nitrogens with one attached hydrogen (secondary N) is 1. The minimum Gasteiger partial charge on any atom is -0.477 e. The van der Waals surface area contributed by atoms with E-state index in [2.05, 4.69) is 19.2 Å². The number of hydrogen-bond acceptors (Lipinski definition) is 6. The molecule has 0 bridgehead atoms. The summed E-state index contributed by atoms with van der Waals surface area (Å²) < 4.78 is 32.0. The van der Waals surface area contributed by atoms with Crippen molar-refractivity contribution in [2.45, 2.75) is 45.1 Å². The van der Waals surface area contributed by atoms with Gasteiger partial charge in [0, 0.05) is 19.2 Å². The second-order valence-corrected chi connectivity index (χ2v) is 9.86. The first kappa shape index (κ1) is 26.3. The molecule has 10 heteroatoms. The summed E-state index contributed by atoms with van der Waals surface area (Å²) >= 11 is 0. The van der Waals surface area contributed by atoms with Gasteiger partial charge in [0.15, 0.2) is 12.4 Å². The maximum absolute atomic E-state index is 12.7. The third-order valence-corrected chi connectivity index (χ3v) is 7.12. The predicted octanol–water partition coefficient (Wildman–Crippen LogP) is 3.91. The minimum atomic E-state index is -3.87. The van der Waals surface area contributed by atoms with Crippen LogP contribution in [0.2, 0.25) is 0 Å². The molecule has 180 valence electrons. The molecule has 1 N–H and O–H groups in total. The van der Waals surface area contributed by atoms with Crippen molar-refractivity contribution in [3.8, 4) is 5.75 Å². The highest BCUT2D eigenvalue weighted by Gasteiger charge is 2.26. The molecule has 0 aliphatic carbocycles. The lowest BCUT2D eigenvalue weighted by Gasteiger charge is -2.21. The van der Waals surface area contributed by atoms with Gasteiger partial charge in [0.2, 0.25) is 10.0 Å². The van der Waals surface area contributed by atoms with E-state index >= 15 is 0 Å². The van der Waals surface area contributed by atoms with Gasteiger partial charge in [0.25, 0.3) is 5.91 Å². The predicted molar refractivity (Wildman–Crippen MR) is 125 cm³/mol. The SMILES string of the molecule is CCN(CC)S(=O)(=O)c1ccc(OCC(=O)NC(CC(C)C)c2ccccc2)c([N+](=O)[O-])c1. The first-order valence-corrected chi connectivity index (χ1v) is 12.3. The molecular formula is C23H31N3O6S. The highest BCUT2D eigenvalue weighted by Crippen LogP contribution is 2.31. The van der Waals surface area contributed by atoms with Crippen molar-refractivity contribution in [1.29, 1.82) is 0 Å². The zero-order valence-electron chi connectivity index (χ0n) is 19.4. The summed E-state index contributed by atoms with van der Waals surface area (Å²) in [7, 11) is -3.87. The Hall–Kier alpha value is -2.98. The molecule has 0 spiro atoms. The van der Waals surface area contributed by atoms with Gasteiger partial charge in [-0.3, -0.25) is 14.9 Å². The van der Waals surface area contributed by atoms with Gasteiger partial charge in [-0.05, 0) is 30.0 Å². The van der Waals surface area contributed by atoms with Crippen LogP contribution in [0.3, 0.4) is 0 Å². The number of carbonyl (C=O) groups is 1. The normalized spacial score (nSPS) is 12.5. The number of sulfonamides is 1. The molecule has 0 aliphatic rings. The Morgan fingerprint density at radius 2 is 1.76 bits per heavy atom. The van der Waals surface area contributed by atoms with Gasteiger partial charge in [-0.1, -0.05) is 58.0 Å². The lowest BCUT2D eigenvalue weighted by molar-refractivity contribution is -0.386. The van der Waals surface area contributed by atoms with Crippen LogP contribution in [0.1, 0.15) is 45.7 Å². The van der Waals surface area contributed by atoms with E-state index < -0.39 is 33.1 Å². The van der Waals surface area contributed by atoms with E-state index in [0.717, 1.165) is 11.6 Å². The highest BCUT2D eigenvalue weighted by molar-refractivity contribution is 7.89. The highest BCUT2D eigenvalue weighted by atomic mass is 32.2. The Bertz CT molecular complexity index is 1050. The molecule has 2 aromatic rings. The van der Waals surface area contributed by atoms with Crippen molar-refractivity contribution in [3.05, 3.63) is 64.2 Å². The van der Waals surface area contributed by atoms with Crippen molar-refractivity contribution in [1.82, 2.24) is 9.62 Å². The van der Waals surface area contributed by atoms with Crippen molar-refractivity contribution in [3.63, 3.8) is 0 Å². The molecule has 1 amide bonds. The molecule has 0 heterocycles. The Kier molecular flexibility index (Phi) is 9.36. The Morgan fingerprint density at radius 3 is 2.30 bits per heavy atom. The lowest BCUT2D eigenvalue weighted by atomic mass is 9.97. The van der Waals surface area contributed by atoms with Crippen molar-refractivity contribution in [2.24, 2.45) is 5.92 Å². The van der Waals surface area contributed by atoms with E-state index in [1.807, 2.05) is 30.3 Å². The number of nitrogens with zero attached hydrogens (tertiary/aromatic N) is 2. The molecule has 1 unspecified atom stereocenters. The smallest absolute Gasteiger partial charge is 0.312 e. The summed E-state index contributed by atoms with van der Waals surface area (Å²) in [5, 5.41) is 14.5. The van der Waals surface area contributed by atoms with Gasteiger partial charge in [-0.25, -0.2) is 8.42 Å². The molecule has 0 aliphatic heterocycles. The zero-order valence-corrected chi connectivity index (χ0v) is 20.2. The fourth-order valence-corrected chi connectivity index (χ4v) is 4.93. The lowest BCUT2D eigenvalue weighted by Crippen LogP contribution is -2.33. The van der Waals surface area contributed by atoms with Crippen LogP contribution in [0.25, 0.3) is 0 Å². The average molecular weight is 478 g/mol. The van der Waals surface area contributed by atoms with E-state index in [1.54, 1.807) is 13.8 Å². The van der Waals surface area contributed by atoms with E-state index in [9.17, 15) is 23.3 Å². The molecule has 1 atom stereocenters. The number of hydrogen-bond donors (Lipinski definition) is 1. The molecule has 0 saturated carbocycles. The maximum Gasteiger partial charge on any atom is 0.312 e. The topological polar surface area (TPSA) is 119 Å². The van der Waals surface area contributed by atoms with E-state index in [4.69, 9.17) is 4.74 Å². The second kappa shape index (κ2) is 11.8. The Labute approximate surface area is 195 Å². The minimum absolute atomic E-state index is 0.172. The van der Waals surface area contributed by atoms with E-state index in [1.165, 1.54) is 16.4 Å². The van der Waals surface area contributed by atoms with Crippen molar-refractivity contribution >= 4 is 21.6 Å². The molecule has 9 nitrogen and oxygen atoms in total. The number of nitro groups is 1. The summed E-state index contributed by atoms with van der Waals surface area (Å²) in [5.74, 6) is -0.273. The molecule has 33 heavy (non-hydrogen) atoms. The Morgan fingerprint density at radius 1 is 1.12 bits per heavy atom. The third kappa shape index (κ3) is 7.00. The van der Waals surface area contributed by atoms with Crippen LogP contribution < -0.4 is 10.1 Å². The average Bonchev–Trinajstić information content (AvgIpc) is 2.78. The quantitative estimate of drug-likeness (QED) is 0.366. The fourth-order valence-electron chi connectivity index (χ4n) is 3.45. The van der Waals surface area contributed by atoms with Gasteiger partial charge in [-0.2, -0.15) is 4.31 Å². The summed E-state index contributed by atoms with van der Waals surface area (Å²) in [4.78, 5) is 23.2. The molecule has 0 fully saturated rings. The van der Waals surface area contributed by atoms with Crippen LogP contribution >= 0.6 is 0 Å². The van der Waals surface area contributed by atoms with Gasteiger partial charge in [0.1, 0.15) is 0 Å². The fraction of sp³-hybridized carbons (Fsp3) is 0.435. The standard InChI is InChI=1S/C23H31N3O6S/c1-5-25(6-2)33(30,31)19-12-13-22(21(15-19)26(28)29)32-16-23(27)24-20(14-17(3)4)18-10-8-7-9-11-18/h7-13,15,17,20H,5-6,14,16H2,1-4H3,(H,24,27). The van der Waals surface area contributed by atoms with Crippen LogP contribution in [0.15, 0.2) is 53.4 Å². The molecule has 2 rings (SSSR count). The molecule has 0 radical (unpaired) electrons. The first-order valence-electron chi connectivity index (χ1n) is 10.9. The summed E-state index contributed by atoms with van der Waals surface area (Å²) in [6.45, 7) is 7.52. The van der Waals surface area contributed by atoms with Gasteiger partial charge in [-0.15, -0.1) is 0 Å². The molecule has 2 aromatic carbocycles. The number of rotatable bonds is 12. The van der Waals surface area contributed by atoms with Gasteiger partial charge in [0.05, 0.1) is 15.9 Å². The van der Waals surface area contributed by atoms with Crippen LogP contribution in [0.5, 0.6) is 5.75 Å². The summed E-state index contributed by atoms with van der Waals surface area (Å²) in [5.41, 5.74) is 0.439. The number of ether oxygens (including phenoxy) is 1. The van der Waals surface area contributed by atoms with Crippen molar-refractivity contribution in [2.75, 3.05) is 19.7 Å². The number of carbonyl (C=O) groups excluding carboxylic acids is 1. The van der Waals surface area contributed by atoms with E-state index in [-0.39, 0.29) is 29.8 Å². The second-order valence-electron chi connectivity index (χ2n) is 7.92. The van der Waals surface area contributed by atoms with Gasteiger partial charge < -0.3 is 10.1 Å². The monoisotopic (exact) mass is 477 g/mol. The maximum atomic E-state index is 12.7. The summed E-state index contributed by atoms with van der Waals surface area (Å²) in [6.07, 6.45) is 0.716. The third-order valence-electron chi connectivity index (χ3n) is 5.07. The molecule has 0 saturated heterocycles. The molecule has 0 aromatic heterocycles. The Balaban J connectivity index is 2.18. The van der Waals surface area contributed by atoms with Crippen LogP contribution in [-0.2, 0) is 14.8 Å². The van der Waals surface area contributed by atoms with Gasteiger partial charge >= 0.3 is 5.69 Å². The number of nitro benzene ring substituents is 1. The van der Waals surface area contributed by atoms with Crippen LogP contribution in [-0.4, -0.2) is 43.2 Å². The van der Waals surface area contributed by atoms with Crippen LogP contribution in [0.4, 0.5) is 5.69 Å². The van der Waals surface area contributed by atoms with Crippen molar-refractivity contribution < 1.29 is 22.9 Å². The molecular weight excluding hydrogens is 446 g/mol. The van der Waals surface area contributed by atoms with Crippen LogP contribution in [0, 0.1) is 16.0 Å². The number of amides is 1. The number of benzene rings is 2.